The van der Waals surface area contributed by atoms with Crippen molar-refractivity contribution in [3.63, 3.8) is 0 Å². The van der Waals surface area contributed by atoms with Crippen LogP contribution in [0.5, 0.6) is 0 Å². The third-order valence-corrected chi connectivity index (χ3v) is 6.85. The van der Waals surface area contributed by atoms with E-state index in [1.165, 1.54) is 11.1 Å². The SMILES string of the molecule is Cc1ccc(CSCC(=O)N(Cc2cccc(Cl)c2)[C@H](Cc2ccccc2)C(=O)NC(C)(C)C)cc1. The lowest BCUT2D eigenvalue weighted by Crippen LogP contribution is -2.54. The van der Waals surface area contributed by atoms with E-state index in [1.807, 2.05) is 75.4 Å². The van der Waals surface area contributed by atoms with E-state index in [0.717, 1.165) is 16.9 Å². The third-order valence-electron chi connectivity index (χ3n) is 5.63. The number of rotatable bonds is 10. The summed E-state index contributed by atoms with van der Waals surface area (Å²) in [4.78, 5) is 28.9. The first kappa shape index (κ1) is 27.8. The molecule has 0 fully saturated rings. The molecule has 36 heavy (non-hydrogen) atoms. The van der Waals surface area contributed by atoms with Gasteiger partial charge in [0.15, 0.2) is 0 Å². The number of thioether (sulfide) groups is 1. The van der Waals surface area contributed by atoms with Crippen LogP contribution in [-0.4, -0.2) is 34.0 Å². The van der Waals surface area contributed by atoms with Crippen LogP contribution >= 0.6 is 23.4 Å². The predicted molar refractivity (Wildman–Crippen MR) is 151 cm³/mol. The third kappa shape index (κ3) is 9.03. The highest BCUT2D eigenvalue weighted by molar-refractivity contribution is 7.99. The average molecular weight is 523 g/mol. The molecule has 3 rings (SSSR count). The molecule has 0 aliphatic carbocycles. The van der Waals surface area contributed by atoms with Crippen LogP contribution in [0.4, 0.5) is 0 Å². The molecule has 2 amide bonds. The molecule has 0 aliphatic heterocycles. The number of halogens is 1. The normalized spacial score (nSPS) is 12.1. The second-order valence-corrected chi connectivity index (χ2v) is 11.5. The monoisotopic (exact) mass is 522 g/mol. The number of aryl methyl sites for hydroxylation is 1. The van der Waals surface area contributed by atoms with Crippen LogP contribution in [0, 0.1) is 6.92 Å². The van der Waals surface area contributed by atoms with Crippen LogP contribution in [0.2, 0.25) is 5.02 Å². The van der Waals surface area contributed by atoms with Gasteiger partial charge in [0.05, 0.1) is 5.75 Å². The van der Waals surface area contributed by atoms with Gasteiger partial charge in [0, 0.05) is 29.3 Å². The molecule has 6 heteroatoms. The van der Waals surface area contributed by atoms with Crippen molar-refractivity contribution in [1.29, 1.82) is 0 Å². The van der Waals surface area contributed by atoms with E-state index in [4.69, 9.17) is 11.6 Å². The summed E-state index contributed by atoms with van der Waals surface area (Å²) < 4.78 is 0. The van der Waals surface area contributed by atoms with Gasteiger partial charge in [-0.1, -0.05) is 83.9 Å². The molecular formula is C30H35ClN2O2S. The summed E-state index contributed by atoms with van der Waals surface area (Å²) in [5.74, 6) is 0.777. The maximum atomic E-state index is 13.7. The Balaban J connectivity index is 1.86. The summed E-state index contributed by atoms with van der Waals surface area (Å²) in [6, 6.07) is 25.0. The maximum Gasteiger partial charge on any atom is 0.243 e. The highest BCUT2D eigenvalue weighted by atomic mass is 35.5. The van der Waals surface area contributed by atoms with Crippen LogP contribution in [0.1, 0.15) is 43.0 Å². The van der Waals surface area contributed by atoms with E-state index < -0.39 is 11.6 Å². The summed E-state index contributed by atoms with van der Waals surface area (Å²) >= 11 is 7.80. The van der Waals surface area contributed by atoms with Crippen molar-refractivity contribution in [3.8, 4) is 0 Å². The molecule has 0 saturated heterocycles. The van der Waals surface area contributed by atoms with Crippen LogP contribution in [0.15, 0.2) is 78.9 Å². The average Bonchev–Trinajstić information content (AvgIpc) is 2.82. The van der Waals surface area contributed by atoms with Crippen LogP contribution < -0.4 is 5.32 Å². The van der Waals surface area contributed by atoms with Gasteiger partial charge >= 0.3 is 0 Å². The quantitative estimate of drug-likeness (QED) is 0.333. The van der Waals surface area contributed by atoms with E-state index in [0.29, 0.717) is 18.0 Å². The van der Waals surface area contributed by atoms with E-state index >= 15 is 0 Å². The number of hydrogen-bond acceptors (Lipinski definition) is 3. The molecule has 1 N–H and O–H groups in total. The molecule has 3 aromatic rings. The number of carbonyl (C=O) groups excluding carboxylic acids is 2. The minimum Gasteiger partial charge on any atom is -0.350 e. The first-order chi connectivity index (χ1) is 17.1. The van der Waals surface area contributed by atoms with E-state index in [1.54, 1.807) is 16.7 Å². The number of nitrogens with zero attached hydrogens (tertiary/aromatic N) is 1. The number of carbonyl (C=O) groups is 2. The Morgan fingerprint density at radius 2 is 1.58 bits per heavy atom. The Morgan fingerprint density at radius 3 is 2.22 bits per heavy atom. The second kappa shape index (κ2) is 13.0. The molecule has 0 saturated carbocycles. The Morgan fingerprint density at radius 1 is 0.917 bits per heavy atom. The van der Waals surface area contributed by atoms with Gasteiger partial charge in [-0.25, -0.2) is 0 Å². The number of amides is 2. The lowest BCUT2D eigenvalue weighted by molar-refractivity contribution is -0.140. The summed E-state index contributed by atoms with van der Waals surface area (Å²) in [5.41, 5.74) is 3.85. The van der Waals surface area contributed by atoms with Gasteiger partial charge in [-0.15, -0.1) is 11.8 Å². The standard InChI is InChI=1S/C30H35ClN2O2S/c1-22-13-15-24(16-14-22)20-36-21-28(34)33(19-25-11-8-12-26(31)17-25)27(29(35)32-30(2,3)4)18-23-9-6-5-7-10-23/h5-17,27H,18-21H2,1-4H3,(H,32,35)/t27-/m1/s1. The minimum absolute atomic E-state index is 0.0722. The van der Waals surface area contributed by atoms with E-state index in [9.17, 15) is 9.59 Å². The van der Waals surface area contributed by atoms with Crippen molar-refractivity contribution in [3.05, 3.63) is 106 Å². The van der Waals surface area contributed by atoms with Crippen LogP contribution in [0.3, 0.4) is 0 Å². The lowest BCUT2D eigenvalue weighted by atomic mass is 10.0. The fraction of sp³-hybridized carbons (Fsp3) is 0.333. The topological polar surface area (TPSA) is 49.4 Å². The Labute approximate surface area is 224 Å². The molecule has 3 aromatic carbocycles. The molecule has 0 heterocycles. The van der Waals surface area contributed by atoms with Gasteiger partial charge in [-0.05, 0) is 56.5 Å². The van der Waals surface area contributed by atoms with Crippen molar-refractivity contribution >= 4 is 35.2 Å². The van der Waals surface area contributed by atoms with Gasteiger partial charge < -0.3 is 10.2 Å². The van der Waals surface area contributed by atoms with Gasteiger partial charge in [-0.3, -0.25) is 9.59 Å². The lowest BCUT2D eigenvalue weighted by Gasteiger charge is -2.34. The summed E-state index contributed by atoms with van der Waals surface area (Å²) in [6.07, 6.45) is 0.428. The smallest absolute Gasteiger partial charge is 0.243 e. The number of nitrogens with one attached hydrogen (secondary N) is 1. The van der Waals surface area contributed by atoms with Gasteiger partial charge in [0.2, 0.25) is 11.8 Å². The fourth-order valence-electron chi connectivity index (χ4n) is 3.86. The highest BCUT2D eigenvalue weighted by Crippen LogP contribution is 2.20. The van der Waals surface area contributed by atoms with Crippen molar-refractivity contribution < 1.29 is 9.59 Å². The zero-order valence-electron chi connectivity index (χ0n) is 21.5. The molecule has 0 radical (unpaired) electrons. The fourth-order valence-corrected chi connectivity index (χ4v) is 4.95. The first-order valence-corrected chi connectivity index (χ1v) is 13.7. The molecule has 0 bridgehead atoms. The highest BCUT2D eigenvalue weighted by Gasteiger charge is 2.32. The Hall–Kier alpha value is -2.76. The van der Waals surface area contributed by atoms with E-state index in [-0.39, 0.29) is 17.6 Å². The summed E-state index contributed by atoms with van der Waals surface area (Å²) in [7, 11) is 0. The number of hydrogen-bond donors (Lipinski definition) is 1. The zero-order valence-corrected chi connectivity index (χ0v) is 23.0. The van der Waals surface area contributed by atoms with Gasteiger partial charge in [0.25, 0.3) is 0 Å². The largest absolute Gasteiger partial charge is 0.350 e. The molecule has 1 atom stereocenters. The Bertz CT molecular complexity index is 1140. The minimum atomic E-state index is -0.655. The molecule has 0 spiro atoms. The summed E-state index contributed by atoms with van der Waals surface area (Å²) in [5, 5.41) is 3.70. The molecule has 4 nitrogen and oxygen atoms in total. The predicted octanol–water partition coefficient (Wildman–Crippen LogP) is 6.44. The molecule has 0 unspecified atom stereocenters. The zero-order chi connectivity index (χ0) is 26.1. The van der Waals surface area contributed by atoms with Crippen molar-refractivity contribution in [2.75, 3.05) is 5.75 Å². The van der Waals surface area contributed by atoms with Crippen LogP contribution in [0.25, 0.3) is 0 Å². The van der Waals surface area contributed by atoms with Crippen LogP contribution in [-0.2, 0) is 28.3 Å². The van der Waals surface area contributed by atoms with Crippen molar-refractivity contribution in [2.24, 2.45) is 0 Å². The van der Waals surface area contributed by atoms with Crippen molar-refractivity contribution in [1.82, 2.24) is 10.2 Å². The summed E-state index contributed by atoms with van der Waals surface area (Å²) in [6.45, 7) is 8.21. The van der Waals surface area contributed by atoms with Gasteiger partial charge in [0.1, 0.15) is 6.04 Å². The van der Waals surface area contributed by atoms with E-state index in [2.05, 4.69) is 36.5 Å². The molecule has 190 valence electrons. The van der Waals surface area contributed by atoms with Crippen molar-refractivity contribution in [2.45, 2.75) is 58.0 Å². The second-order valence-electron chi connectivity index (χ2n) is 10.1. The molecule has 0 aliphatic rings. The molecular weight excluding hydrogens is 488 g/mol. The number of benzene rings is 3. The maximum absolute atomic E-state index is 13.7. The first-order valence-electron chi connectivity index (χ1n) is 12.1. The molecule has 0 aromatic heterocycles. The Kier molecular flexibility index (Phi) is 10.0. The van der Waals surface area contributed by atoms with Gasteiger partial charge in [-0.2, -0.15) is 0 Å².